The minimum Gasteiger partial charge on any atom is -0.230 e. The van der Waals surface area contributed by atoms with Gasteiger partial charge >= 0.3 is 6.18 Å². The van der Waals surface area contributed by atoms with E-state index in [0.717, 1.165) is 12.1 Å². The Morgan fingerprint density at radius 3 is 2.75 bits per heavy atom. The molecule has 2 aromatic rings. The Bertz CT molecular complexity index is 564. The number of hydrogen-bond donors (Lipinski definition) is 0. The molecule has 0 aliphatic heterocycles. The molecular formula is C9H5F3N4. The molecule has 2 rings (SSSR count). The largest absolute Gasteiger partial charge is 0.416 e. The van der Waals surface area contributed by atoms with Gasteiger partial charge in [0.15, 0.2) is 0 Å². The Hall–Kier alpha value is -2.10. The molecule has 0 amide bonds. The number of hydrogen-bond acceptors (Lipinski definition) is 3. The van der Waals surface area contributed by atoms with E-state index in [-0.39, 0.29) is 12.1 Å². The summed E-state index contributed by atoms with van der Waals surface area (Å²) in [7, 11) is 0. The van der Waals surface area contributed by atoms with Crippen LogP contribution in [0.5, 0.6) is 0 Å². The molecule has 16 heavy (non-hydrogen) atoms. The Kier molecular flexibility index (Phi) is 2.27. The van der Waals surface area contributed by atoms with Crippen molar-refractivity contribution in [1.29, 1.82) is 5.26 Å². The van der Waals surface area contributed by atoms with E-state index in [1.54, 1.807) is 0 Å². The van der Waals surface area contributed by atoms with Crippen LogP contribution in [-0.2, 0) is 12.7 Å². The van der Waals surface area contributed by atoms with Gasteiger partial charge in [0, 0.05) is 0 Å². The molecule has 0 saturated carbocycles. The van der Waals surface area contributed by atoms with E-state index in [1.165, 1.54) is 10.7 Å². The summed E-state index contributed by atoms with van der Waals surface area (Å²) >= 11 is 0. The molecule has 0 unspecified atom stereocenters. The Labute approximate surface area is 87.9 Å². The Balaban J connectivity index is 2.54. The van der Waals surface area contributed by atoms with E-state index in [0.29, 0.717) is 5.52 Å². The molecule has 1 aromatic heterocycles. The summed E-state index contributed by atoms with van der Waals surface area (Å²) in [4.78, 5) is 0. The summed E-state index contributed by atoms with van der Waals surface area (Å²) in [5, 5.41) is 15.6. The summed E-state index contributed by atoms with van der Waals surface area (Å²) < 4.78 is 38.3. The molecule has 0 bridgehead atoms. The van der Waals surface area contributed by atoms with Crippen molar-refractivity contribution in [2.75, 3.05) is 0 Å². The first-order chi connectivity index (χ1) is 7.52. The van der Waals surface area contributed by atoms with E-state index in [1.807, 2.05) is 6.07 Å². The fraction of sp³-hybridized carbons (Fsp3) is 0.222. The lowest BCUT2D eigenvalue weighted by atomic mass is 10.2. The highest BCUT2D eigenvalue weighted by Crippen LogP contribution is 2.30. The zero-order chi connectivity index (χ0) is 11.8. The van der Waals surface area contributed by atoms with Crippen LogP contribution in [0, 0.1) is 11.3 Å². The van der Waals surface area contributed by atoms with Crippen LogP contribution in [0.4, 0.5) is 13.2 Å². The van der Waals surface area contributed by atoms with Crippen molar-refractivity contribution in [2.45, 2.75) is 12.7 Å². The van der Waals surface area contributed by atoms with Crippen LogP contribution in [0.2, 0.25) is 0 Å². The molecule has 82 valence electrons. The number of aromatic nitrogens is 3. The van der Waals surface area contributed by atoms with Crippen molar-refractivity contribution < 1.29 is 13.2 Å². The van der Waals surface area contributed by atoms with Gasteiger partial charge in [0.25, 0.3) is 0 Å². The maximum atomic E-state index is 12.4. The zero-order valence-electron chi connectivity index (χ0n) is 7.86. The minimum atomic E-state index is -4.40. The van der Waals surface area contributed by atoms with Gasteiger partial charge in [-0.25, -0.2) is 4.68 Å². The fourth-order valence-electron chi connectivity index (χ4n) is 1.33. The monoisotopic (exact) mass is 226 g/mol. The van der Waals surface area contributed by atoms with E-state index in [2.05, 4.69) is 10.3 Å². The van der Waals surface area contributed by atoms with E-state index in [9.17, 15) is 13.2 Å². The number of nitriles is 1. The predicted octanol–water partition coefficient (Wildman–Crippen LogP) is 1.97. The van der Waals surface area contributed by atoms with Gasteiger partial charge in [-0.2, -0.15) is 18.4 Å². The normalized spacial score (nSPS) is 11.6. The van der Waals surface area contributed by atoms with Crippen molar-refractivity contribution in [2.24, 2.45) is 0 Å². The molecule has 0 N–H and O–H groups in total. The highest BCUT2D eigenvalue weighted by Gasteiger charge is 2.30. The number of halogens is 3. The first-order valence-electron chi connectivity index (χ1n) is 4.30. The van der Waals surface area contributed by atoms with Crippen LogP contribution in [0.3, 0.4) is 0 Å². The summed E-state index contributed by atoms with van der Waals surface area (Å²) in [6.45, 7) is -0.0398. The highest BCUT2D eigenvalue weighted by atomic mass is 19.4. The van der Waals surface area contributed by atoms with Crippen molar-refractivity contribution in [3.63, 3.8) is 0 Å². The lowest BCUT2D eigenvalue weighted by Gasteiger charge is -2.05. The molecule has 0 fully saturated rings. The Morgan fingerprint density at radius 1 is 1.38 bits per heavy atom. The molecule has 0 radical (unpaired) electrons. The topological polar surface area (TPSA) is 54.5 Å². The molecule has 0 aliphatic carbocycles. The SMILES string of the molecule is N#CCn1nnc2cc(C(F)(F)F)ccc21. The number of nitrogens with zero attached hydrogens (tertiary/aromatic N) is 4. The first-order valence-corrected chi connectivity index (χ1v) is 4.30. The first kappa shape index (κ1) is 10.4. The van der Waals surface area contributed by atoms with Crippen molar-refractivity contribution in [1.82, 2.24) is 15.0 Å². The third-order valence-corrected chi connectivity index (χ3v) is 2.06. The van der Waals surface area contributed by atoms with Gasteiger partial charge in [0.05, 0.1) is 17.1 Å². The van der Waals surface area contributed by atoms with Crippen LogP contribution in [0.15, 0.2) is 18.2 Å². The number of alkyl halides is 3. The van der Waals surface area contributed by atoms with E-state index >= 15 is 0 Å². The third kappa shape index (κ3) is 1.69. The van der Waals surface area contributed by atoms with E-state index in [4.69, 9.17) is 5.26 Å². The minimum absolute atomic E-state index is 0.0398. The number of benzene rings is 1. The molecule has 1 aromatic carbocycles. The average molecular weight is 226 g/mol. The predicted molar refractivity (Wildman–Crippen MR) is 48.1 cm³/mol. The molecular weight excluding hydrogens is 221 g/mol. The van der Waals surface area contributed by atoms with Crippen LogP contribution < -0.4 is 0 Å². The molecule has 0 aliphatic rings. The quantitative estimate of drug-likeness (QED) is 0.746. The van der Waals surface area contributed by atoms with Gasteiger partial charge in [-0.05, 0) is 18.2 Å². The van der Waals surface area contributed by atoms with Gasteiger partial charge in [-0.3, -0.25) is 0 Å². The second-order valence-corrected chi connectivity index (χ2v) is 3.11. The molecule has 4 nitrogen and oxygen atoms in total. The molecule has 0 spiro atoms. The fourth-order valence-corrected chi connectivity index (χ4v) is 1.33. The average Bonchev–Trinajstić information content (AvgIpc) is 2.60. The lowest BCUT2D eigenvalue weighted by molar-refractivity contribution is -0.137. The van der Waals surface area contributed by atoms with Crippen molar-refractivity contribution >= 4 is 11.0 Å². The van der Waals surface area contributed by atoms with Crippen LogP contribution in [0.1, 0.15) is 5.56 Å². The van der Waals surface area contributed by atoms with Gasteiger partial charge in [0.1, 0.15) is 12.1 Å². The summed E-state index contributed by atoms with van der Waals surface area (Å²) in [6, 6.07) is 4.96. The van der Waals surface area contributed by atoms with Gasteiger partial charge in [-0.1, -0.05) is 5.21 Å². The smallest absolute Gasteiger partial charge is 0.230 e. The number of rotatable bonds is 1. The van der Waals surface area contributed by atoms with Crippen LogP contribution >= 0.6 is 0 Å². The molecule has 0 atom stereocenters. The molecule has 0 saturated heterocycles. The summed E-state index contributed by atoms with van der Waals surface area (Å²) in [5.74, 6) is 0. The molecule has 1 heterocycles. The second-order valence-electron chi connectivity index (χ2n) is 3.11. The standard InChI is InChI=1S/C9H5F3N4/c10-9(11,12)6-1-2-8-7(5-6)14-15-16(8)4-3-13/h1-2,5H,4H2. The summed E-state index contributed by atoms with van der Waals surface area (Å²) in [6.07, 6.45) is -4.40. The Morgan fingerprint density at radius 2 is 2.12 bits per heavy atom. The van der Waals surface area contributed by atoms with Gasteiger partial charge in [0.2, 0.25) is 0 Å². The maximum absolute atomic E-state index is 12.4. The van der Waals surface area contributed by atoms with Crippen molar-refractivity contribution in [3.05, 3.63) is 23.8 Å². The zero-order valence-corrected chi connectivity index (χ0v) is 7.86. The van der Waals surface area contributed by atoms with Gasteiger partial charge in [-0.15, -0.1) is 5.10 Å². The maximum Gasteiger partial charge on any atom is 0.416 e. The molecule has 7 heteroatoms. The lowest BCUT2D eigenvalue weighted by Crippen LogP contribution is -2.04. The highest BCUT2D eigenvalue weighted by molar-refractivity contribution is 5.75. The van der Waals surface area contributed by atoms with E-state index < -0.39 is 11.7 Å². The second kappa shape index (κ2) is 3.48. The summed E-state index contributed by atoms with van der Waals surface area (Å²) in [5.41, 5.74) is -0.233. The van der Waals surface area contributed by atoms with Crippen LogP contribution in [-0.4, -0.2) is 15.0 Å². The van der Waals surface area contributed by atoms with Crippen molar-refractivity contribution in [3.8, 4) is 6.07 Å². The third-order valence-electron chi connectivity index (χ3n) is 2.06. The van der Waals surface area contributed by atoms with Gasteiger partial charge < -0.3 is 0 Å². The number of fused-ring (bicyclic) bond motifs is 1. The van der Waals surface area contributed by atoms with Crippen LogP contribution in [0.25, 0.3) is 11.0 Å².